The first-order valence-corrected chi connectivity index (χ1v) is 5.82. The Labute approximate surface area is 105 Å². The second-order valence-electron chi connectivity index (χ2n) is 3.88. The van der Waals surface area contributed by atoms with Gasteiger partial charge in [0.05, 0.1) is 0 Å². The minimum Gasteiger partial charge on any atom is -0.287 e. The minimum absolute atomic E-state index is 0.0814. The van der Waals surface area contributed by atoms with Crippen molar-refractivity contribution in [2.75, 3.05) is 0 Å². The van der Waals surface area contributed by atoms with Gasteiger partial charge in [-0.15, -0.1) is 0 Å². The van der Waals surface area contributed by atoms with E-state index in [2.05, 4.69) is 0 Å². The zero-order chi connectivity index (χ0) is 12.3. The lowest BCUT2D eigenvalue weighted by Crippen LogP contribution is -2.41. The van der Waals surface area contributed by atoms with Crippen LogP contribution in [0, 0.1) is 0 Å². The molecule has 1 atom stereocenters. The minimum atomic E-state index is -0.254. The molecule has 2 aromatic rings. The van der Waals surface area contributed by atoms with E-state index in [4.69, 9.17) is 11.6 Å². The standard InChI is InChI=1S/C14H13ClNO/c1-11(16-9-5-8-13(15)10-16)14(17)12-6-3-2-4-7-12/h2-11H,1H3/q+1. The third kappa shape index (κ3) is 2.71. The van der Waals surface area contributed by atoms with Crippen LogP contribution in [0.25, 0.3) is 0 Å². The quantitative estimate of drug-likeness (QED) is 0.602. The summed E-state index contributed by atoms with van der Waals surface area (Å²) >= 11 is 5.91. The topological polar surface area (TPSA) is 20.9 Å². The summed E-state index contributed by atoms with van der Waals surface area (Å²) in [4.78, 5) is 12.2. The third-order valence-corrected chi connectivity index (χ3v) is 2.89. The molecule has 86 valence electrons. The Balaban J connectivity index is 2.27. The van der Waals surface area contributed by atoms with Gasteiger partial charge < -0.3 is 0 Å². The zero-order valence-electron chi connectivity index (χ0n) is 9.51. The van der Waals surface area contributed by atoms with Crippen LogP contribution in [0.5, 0.6) is 0 Å². The molecule has 1 heterocycles. The molecule has 3 heteroatoms. The van der Waals surface area contributed by atoms with Crippen molar-refractivity contribution in [2.24, 2.45) is 0 Å². The number of nitrogens with zero attached hydrogens (tertiary/aromatic N) is 1. The summed E-state index contributed by atoms with van der Waals surface area (Å²) in [7, 11) is 0. The van der Waals surface area contributed by atoms with Gasteiger partial charge in [-0.1, -0.05) is 41.9 Å². The number of carbonyl (C=O) groups is 1. The number of Topliss-reactive ketones (excluding diaryl/α,β-unsaturated/α-hetero) is 1. The number of ketones is 1. The summed E-state index contributed by atoms with van der Waals surface area (Å²) in [6, 6.07) is 12.6. The fourth-order valence-electron chi connectivity index (χ4n) is 1.68. The lowest BCUT2D eigenvalue weighted by atomic mass is 10.1. The van der Waals surface area contributed by atoms with Crippen LogP contribution >= 0.6 is 11.6 Å². The number of hydrogen-bond donors (Lipinski definition) is 0. The molecule has 1 aromatic heterocycles. The maximum Gasteiger partial charge on any atom is 0.230 e. The van der Waals surface area contributed by atoms with E-state index in [0.29, 0.717) is 10.6 Å². The highest BCUT2D eigenvalue weighted by Gasteiger charge is 2.23. The molecule has 2 nitrogen and oxygen atoms in total. The van der Waals surface area contributed by atoms with E-state index in [0.717, 1.165) is 0 Å². The van der Waals surface area contributed by atoms with Gasteiger partial charge in [-0.05, 0) is 6.07 Å². The molecule has 0 spiro atoms. The Hall–Kier alpha value is -1.67. The summed E-state index contributed by atoms with van der Waals surface area (Å²) < 4.78 is 1.82. The molecule has 0 aliphatic rings. The fraction of sp³-hybridized carbons (Fsp3) is 0.143. The highest BCUT2D eigenvalue weighted by molar-refractivity contribution is 6.30. The molecule has 1 aromatic carbocycles. The molecule has 0 fully saturated rings. The molecule has 0 saturated heterocycles. The molecular formula is C14H13ClNO+. The second kappa shape index (κ2) is 5.11. The number of rotatable bonds is 3. The normalized spacial score (nSPS) is 12.1. The number of halogens is 1. The summed E-state index contributed by atoms with van der Waals surface area (Å²) in [5, 5.41) is 0.625. The molecule has 0 amide bonds. The number of benzene rings is 1. The molecular weight excluding hydrogens is 234 g/mol. The number of aromatic nitrogens is 1. The Morgan fingerprint density at radius 1 is 1.18 bits per heavy atom. The van der Waals surface area contributed by atoms with Gasteiger partial charge in [0, 0.05) is 18.6 Å². The fourth-order valence-corrected chi connectivity index (χ4v) is 1.87. The summed E-state index contributed by atoms with van der Waals surface area (Å²) in [6.07, 6.45) is 3.60. The first-order valence-electron chi connectivity index (χ1n) is 5.44. The van der Waals surface area contributed by atoms with Crippen molar-refractivity contribution in [1.29, 1.82) is 0 Å². The van der Waals surface area contributed by atoms with Crippen LogP contribution in [0.1, 0.15) is 23.3 Å². The first kappa shape index (κ1) is 11.8. The molecule has 2 rings (SSSR count). The predicted octanol–water partition coefficient (Wildman–Crippen LogP) is 3.07. The maximum absolute atomic E-state index is 12.2. The van der Waals surface area contributed by atoms with Crippen molar-refractivity contribution >= 4 is 17.4 Å². The summed E-state index contributed by atoms with van der Waals surface area (Å²) in [6.45, 7) is 1.87. The number of pyridine rings is 1. The van der Waals surface area contributed by atoms with Gasteiger partial charge >= 0.3 is 0 Å². The Bertz CT molecular complexity index is 525. The van der Waals surface area contributed by atoms with E-state index in [1.54, 1.807) is 12.3 Å². The molecule has 0 aliphatic carbocycles. The summed E-state index contributed by atoms with van der Waals surface area (Å²) in [5.41, 5.74) is 0.715. The average molecular weight is 247 g/mol. The smallest absolute Gasteiger partial charge is 0.230 e. The van der Waals surface area contributed by atoms with Gasteiger partial charge in [0.25, 0.3) is 0 Å². The van der Waals surface area contributed by atoms with Crippen LogP contribution < -0.4 is 4.57 Å². The monoisotopic (exact) mass is 246 g/mol. The Kier molecular flexibility index (Phi) is 3.55. The zero-order valence-corrected chi connectivity index (χ0v) is 10.3. The van der Waals surface area contributed by atoms with E-state index in [1.807, 2.05) is 54.1 Å². The van der Waals surface area contributed by atoms with Crippen LogP contribution in [-0.2, 0) is 0 Å². The van der Waals surface area contributed by atoms with Gasteiger partial charge in [-0.3, -0.25) is 4.79 Å². The largest absolute Gasteiger partial charge is 0.287 e. The van der Waals surface area contributed by atoms with E-state index in [1.165, 1.54) is 0 Å². The van der Waals surface area contributed by atoms with Crippen molar-refractivity contribution in [3.63, 3.8) is 0 Å². The Morgan fingerprint density at radius 2 is 1.88 bits per heavy atom. The van der Waals surface area contributed by atoms with Crippen LogP contribution in [-0.4, -0.2) is 5.78 Å². The second-order valence-corrected chi connectivity index (χ2v) is 4.31. The highest BCUT2D eigenvalue weighted by atomic mass is 35.5. The van der Waals surface area contributed by atoms with Crippen molar-refractivity contribution in [3.8, 4) is 0 Å². The van der Waals surface area contributed by atoms with E-state index in [-0.39, 0.29) is 11.8 Å². The predicted molar refractivity (Wildman–Crippen MR) is 67.1 cm³/mol. The van der Waals surface area contributed by atoms with Crippen molar-refractivity contribution in [2.45, 2.75) is 13.0 Å². The molecule has 0 saturated carbocycles. The molecule has 17 heavy (non-hydrogen) atoms. The summed E-state index contributed by atoms with van der Waals surface area (Å²) in [5.74, 6) is 0.0814. The van der Waals surface area contributed by atoms with Gasteiger partial charge in [0.2, 0.25) is 11.8 Å². The first-order chi connectivity index (χ1) is 8.18. The van der Waals surface area contributed by atoms with E-state index in [9.17, 15) is 4.79 Å². The highest BCUT2D eigenvalue weighted by Crippen LogP contribution is 2.10. The van der Waals surface area contributed by atoms with Crippen LogP contribution in [0.3, 0.4) is 0 Å². The van der Waals surface area contributed by atoms with Gasteiger partial charge in [-0.2, -0.15) is 4.57 Å². The molecule has 0 N–H and O–H groups in total. The van der Waals surface area contributed by atoms with E-state index < -0.39 is 0 Å². The lowest BCUT2D eigenvalue weighted by Gasteiger charge is -2.06. The van der Waals surface area contributed by atoms with Crippen molar-refractivity contribution in [1.82, 2.24) is 0 Å². The maximum atomic E-state index is 12.2. The van der Waals surface area contributed by atoms with E-state index >= 15 is 0 Å². The third-order valence-electron chi connectivity index (χ3n) is 2.67. The SMILES string of the molecule is CC(C(=O)c1ccccc1)[n+]1cccc(Cl)c1. The molecule has 0 bridgehead atoms. The number of hydrogen-bond acceptors (Lipinski definition) is 1. The van der Waals surface area contributed by atoms with Gasteiger partial charge in [-0.25, -0.2) is 0 Å². The molecule has 0 radical (unpaired) electrons. The molecule has 1 unspecified atom stereocenters. The van der Waals surface area contributed by atoms with Gasteiger partial charge in [0.15, 0.2) is 12.4 Å². The van der Waals surface area contributed by atoms with Crippen molar-refractivity contribution < 1.29 is 9.36 Å². The lowest BCUT2D eigenvalue weighted by molar-refractivity contribution is -0.704. The van der Waals surface area contributed by atoms with Gasteiger partial charge in [0.1, 0.15) is 5.02 Å². The number of carbonyl (C=O) groups excluding carboxylic acids is 1. The van der Waals surface area contributed by atoms with Crippen LogP contribution in [0.4, 0.5) is 0 Å². The molecule has 0 aliphatic heterocycles. The van der Waals surface area contributed by atoms with Crippen molar-refractivity contribution in [3.05, 3.63) is 65.4 Å². The van der Waals surface area contributed by atoms with Crippen LogP contribution in [0.2, 0.25) is 5.02 Å². The van der Waals surface area contributed by atoms with Crippen LogP contribution in [0.15, 0.2) is 54.9 Å². The Morgan fingerprint density at radius 3 is 2.53 bits per heavy atom. The average Bonchev–Trinajstić information content (AvgIpc) is 2.38.